The molecule has 160 valence electrons. The highest BCUT2D eigenvalue weighted by molar-refractivity contribution is 5.57. The third-order valence-electron chi connectivity index (χ3n) is 4.03. The van der Waals surface area contributed by atoms with Gasteiger partial charge < -0.3 is 14.2 Å². The van der Waals surface area contributed by atoms with E-state index in [0.29, 0.717) is 26.4 Å². The minimum absolute atomic E-state index is 0.631. The van der Waals surface area contributed by atoms with Gasteiger partial charge in [0.1, 0.15) is 0 Å². The van der Waals surface area contributed by atoms with E-state index in [1.165, 1.54) is 38.5 Å². The van der Waals surface area contributed by atoms with E-state index >= 15 is 0 Å². The molecule has 27 heavy (non-hydrogen) atoms. The van der Waals surface area contributed by atoms with Crippen LogP contribution in [0.5, 0.6) is 0 Å². The molecule has 0 N–H and O–H groups in total. The maximum atomic E-state index is 5.53. The van der Waals surface area contributed by atoms with Crippen LogP contribution in [0.1, 0.15) is 78.1 Å². The fourth-order valence-corrected chi connectivity index (χ4v) is 2.39. The van der Waals surface area contributed by atoms with Gasteiger partial charge in [-0.15, -0.1) is 0 Å². The first kappa shape index (κ1) is 26.2. The number of aliphatic imine (C=N–C) groups is 2. The number of hydrogen-bond acceptors (Lipinski definition) is 5. The Kier molecular flexibility index (Phi) is 24.5. The summed E-state index contributed by atoms with van der Waals surface area (Å²) in [5, 5.41) is 0. The lowest BCUT2D eigenvalue weighted by atomic mass is 10.2. The lowest BCUT2D eigenvalue weighted by Gasteiger charge is -2.06. The van der Waals surface area contributed by atoms with E-state index in [4.69, 9.17) is 14.2 Å². The summed E-state index contributed by atoms with van der Waals surface area (Å²) in [4.78, 5) is 8.79. The first-order valence-electron chi connectivity index (χ1n) is 11.1. The lowest BCUT2D eigenvalue weighted by molar-refractivity contribution is 0.0143. The molecule has 0 aromatic rings. The van der Waals surface area contributed by atoms with Crippen LogP contribution in [0.25, 0.3) is 0 Å². The zero-order chi connectivity index (χ0) is 19.7. The Morgan fingerprint density at radius 3 is 1.33 bits per heavy atom. The van der Waals surface area contributed by atoms with Gasteiger partial charge in [-0.1, -0.05) is 39.5 Å². The molecular weight excluding hydrogens is 340 g/mol. The van der Waals surface area contributed by atoms with E-state index in [2.05, 4.69) is 36.3 Å². The summed E-state index contributed by atoms with van der Waals surface area (Å²) in [6, 6.07) is 0. The SMILES string of the molecule is CCCCCC=NCCCOCCOCCOCCCN=CCCCCC. The second-order valence-corrected chi connectivity index (χ2v) is 6.71. The Hall–Kier alpha value is -0.780. The van der Waals surface area contributed by atoms with Crippen molar-refractivity contribution in [1.29, 1.82) is 0 Å². The van der Waals surface area contributed by atoms with Crippen LogP contribution in [0, 0.1) is 0 Å². The Bertz CT molecular complexity index is 293. The van der Waals surface area contributed by atoms with E-state index in [-0.39, 0.29) is 0 Å². The molecule has 5 heteroatoms. The number of nitrogens with zero attached hydrogens (tertiary/aromatic N) is 2. The highest BCUT2D eigenvalue weighted by Gasteiger charge is 1.92. The fourth-order valence-electron chi connectivity index (χ4n) is 2.39. The summed E-state index contributed by atoms with van der Waals surface area (Å²) >= 11 is 0. The van der Waals surface area contributed by atoms with Gasteiger partial charge in [0.15, 0.2) is 0 Å². The van der Waals surface area contributed by atoms with Crippen molar-refractivity contribution in [1.82, 2.24) is 0 Å². The van der Waals surface area contributed by atoms with Gasteiger partial charge in [-0.2, -0.15) is 0 Å². The summed E-state index contributed by atoms with van der Waals surface area (Å²) in [6.07, 6.45) is 15.9. The van der Waals surface area contributed by atoms with Crippen molar-refractivity contribution in [3.8, 4) is 0 Å². The third-order valence-corrected chi connectivity index (χ3v) is 4.03. The third kappa shape index (κ3) is 25.2. The maximum absolute atomic E-state index is 5.53. The van der Waals surface area contributed by atoms with Gasteiger partial charge in [-0.05, 0) is 51.0 Å². The predicted molar refractivity (Wildman–Crippen MR) is 117 cm³/mol. The molecule has 0 atom stereocenters. The molecule has 0 saturated carbocycles. The fraction of sp³-hybridized carbons (Fsp3) is 0.909. The predicted octanol–water partition coefficient (Wildman–Crippen LogP) is 5.12. The van der Waals surface area contributed by atoms with Crippen molar-refractivity contribution in [2.24, 2.45) is 9.98 Å². The van der Waals surface area contributed by atoms with Crippen molar-refractivity contribution in [2.45, 2.75) is 78.1 Å². The first-order chi connectivity index (χ1) is 13.4. The molecule has 0 amide bonds. The smallest absolute Gasteiger partial charge is 0.0701 e. The second kappa shape index (κ2) is 25.2. The summed E-state index contributed by atoms with van der Waals surface area (Å²) in [6.45, 7) is 10.2. The molecule has 0 fully saturated rings. The average molecular weight is 385 g/mol. The Balaban J connectivity index is 3.07. The van der Waals surface area contributed by atoms with Gasteiger partial charge in [0.05, 0.1) is 26.4 Å². The van der Waals surface area contributed by atoms with Gasteiger partial charge in [0.2, 0.25) is 0 Å². The van der Waals surface area contributed by atoms with Crippen LogP contribution in [-0.4, -0.2) is 65.2 Å². The van der Waals surface area contributed by atoms with E-state index in [1.807, 2.05) is 0 Å². The molecule has 0 saturated heterocycles. The highest BCUT2D eigenvalue weighted by atomic mass is 16.5. The number of rotatable bonds is 22. The van der Waals surface area contributed by atoms with Crippen molar-refractivity contribution in [3.05, 3.63) is 0 Å². The molecule has 0 aliphatic carbocycles. The standard InChI is InChI=1S/C22H44N2O3/c1-3-5-7-9-13-23-15-11-17-25-19-21-27-22-20-26-18-12-16-24-14-10-8-6-4-2/h13-14H,3-12,15-22H2,1-2H3. The molecule has 0 heterocycles. The number of hydrogen-bond donors (Lipinski definition) is 0. The highest BCUT2D eigenvalue weighted by Crippen LogP contribution is 1.97. The van der Waals surface area contributed by atoms with E-state index < -0.39 is 0 Å². The summed E-state index contributed by atoms with van der Waals surface area (Å²) < 4.78 is 16.6. The van der Waals surface area contributed by atoms with E-state index in [1.54, 1.807) is 0 Å². The largest absolute Gasteiger partial charge is 0.379 e. The zero-order valence-corrected chi connectivity index (χ0v) is 18.0. The monoisotopic (exact) mass is 384 g/mol. The summed E-state index contributed by atoms with van der Waals surface area (Å²) in [7, 11) is 0. The first-order valence-corrected chi connectivity index (χ1v) is 11.1. The molecule has 0 aromatic heterocycles. The average Bonchev–Trinajstić information content (AvgIpc) is 2.68. The topological polar surface area (TPSA) is 52.4 Å². The molecule has 0 aliphatic rings. The van der Waals surface area contributed by atoms with Crippen LogP contribution < -0.4 is 0 Å². The van der Waals surface area contributed by atoms with Crippen LogP contribution in [0.2, 0.25) is 0 Å². The van der Waals surface area contributed by atoms with Crippen molar-refractivity contribution >= 4 is 12.4 Å². The molecule has 0 aromatic carbocycles. The van der Waals surface area contributed by atoms with Gasteiger partial charge in [0.25, 0.3) is 0 Å². The Morgan fingerprint density at radius 2 is 0.926 bits per heavy atom. The van der Waals surface area contributed by atoms with E-state index in [0.717, 1.165) is 52.0 Å². The quantitative estimate of drug-likeness (QED) is 0.192. The molecule has 0 bridgehead atoms. The maximum Gasteiger partial charge on any atom is 0.0701 e. The van der Waals surface area contributed by atoms with Crippen molar-refractivity contribution in [2.75, 3.05) is 52.7 Å². The van der Waals surface area contributed by atoms with E-state index in [9.17, 15) is 0 Å². The minimum Gasteiger partial charge on any atom is -0.379 e. The Labute approximate surface area is 168 Å². The molecule has 0 spiro atoms. The van der Waals surface area contributed by atoms with Gasteiger partial charge in [-0.25, -0.2) is 0 Å². The zero-order valence-electron chi connectivity index (χ0n) is 18.0. The molecule has 0 rings (SSSR count). The lowest BCUT2D eigenvalue weighted by Crippen LogP contribution is -2.10. The van der Waals surface area contributed by atoms with Crippen molar-refractivity contribution in [3.63, 3.8) is 0 Å². The van der Waals surface area contributed by atoms with Gasteiger partial charge in [0, 0.05) is 26.3 Å². The summed E-state index contributed by atoms with van der Waals surface area (Å²) in [5.74, 6) is 0. The van der Waals surface area contributed by atoms with Crippen LogP contribution in [0.4, 0.5) is 0 Å². The van der Waals surface area contributed by atoms with Crippen LogP contribution in [0.3, 0.4) is 0 Å². The minimum atomic E-state index is 0.631. The molecular formula is C22H44N2O3. The van der Waals surface area contributed by atoms with Gasteiger partial charge in [-0.3, -0.25) is 9.98 Å². The number of unbranched alkanes of at least 4 members (excludes halogenated alkanes) is 6. The molecule has 0 unspecified atom stereocenters. The van der Waals surface area contributed by atoms with Crippen LogP contribution in [-0.2, 0) is 14.2 Å². The second-order valence-electron chi connectivity index (χ2n) is 6.71. The molecule has 0 aliphatic heterocycles. The molecule has 0 radical (unpaired) electrons. The van der Waals surface area contributed by atoms with Crippen LogP contribution >= 0.6 is 0 Å². The summed E-state index contributed by atoms with van der Waals surface area (Å²) in [5.41, 5.74) is 0. The van der Waals surface area contributed by atoms with Crippen LogP contribution in [0.15, 0.2) is 9.98 Å². The van der Waals surface area contributed by atoms with Gasteiger partial charge >= 0.3 is 0 Å². The normalized spacial score (nSPS) is 11.9. The Morgan fingerprint density at radius 1 is 0.519 bits per heavy atom. The molecule has 5 nitrogen and oxygen atoms in total. The van der Waals surface area contributed by atoms with Crippen molar-refractivity contribution < 1.29 is 14.2 Å². The number of ether oxygens (including phenoxy) is 3.